The molecule has 1 N–H and O–H groups in total. The quantitative estimate of drug-likeness (QED) is 0.296. The normalized spacial score (nSPS) is 13.6. The van der Waals surface area contributed by atoms with E-state index in [0.29, 0.717) is 16.2 Å². The number of hydrogen-bond donors (Lipinski definition) is 1. The lowest BCUT2D eigenvalue weighted by Crippen LogP contribution is -2.25. The maximum atomic E-state index is 14.3. The number of thiazole rings is 1. The molecule has 0 saturated heterocycles. The lowest BCUT2D eigenvalue weighted by Gasteiger charge is -2.18. The molecule has 0 saturated carbocycles. The van der Waals surface area contributed by atoms with Gasteiger partial charge in [0.15, 0.2) is 6.61 Å². The second-order valence-electron chi connectivity index (χ2n) is 7.34. The van der Waals surface area contributed by atoms with E-state index in [-0.39, 0.29) is 18.2 Å². The number of ether oxygens (including phenoxy) is 1. The highest BCUT2D eigenvalue weighted by Crippen LogP contribution is 2.33. The van der Waals surface area contributed by atoms with Crippen LogP contribution in [0, 0.1) is 5.82 Å². The number of benzene rings is 3. The lowest BCUT2D eigenvalue weighted by molar-refractivity contribution is -0.118. The third-order valence-electron chi connectivity index (χ3n) is 5.10. The monoisotopic (exact) mass is 490 g/mol. The minimum Gasteiger partial charge on any atom is -0.482 e. The molecule has 5 rings (SSSR count). The summed E-state index contributed by atoms with van der Waals surface area (Å²) in [6, 6.07) is 19.9. The molecule has 0 fully saturated rings. The number of para-hydroxylation sites is 1. The molecule has 34 heavy (non-hydrogen) atoms. The first kappa shape index (κ1) is 22.1. The molecule has 0 bridgehead atoms. The summed E-state index contributed by atoms with van der Waals surface area (Å²) in [5.74, 6) is -0.00199. The molecule has 1 amide bonds. The SMILES string of the molecule is CSc1ccc(C=Nn2c(-c3ccc4c(c3)NC(=O)CO4)csc2=Nc2ccccc2F)cc1. The van der Waals surface area contributed by atoms with Crippen molar-refractivity contribution in [2.24, 2.45) is 10.1 Å². The van der Waals surface area contributed by atoms with E-state index in [4.69, 9.17) is 4.74 Å². The second kappa shape index (κ2) is 9.66. The van der Waals surface area contributed by atoms with Crippen LogP contribution in [0.1, 0.15) is 5.56 Å². The Bertz CT molecular complexity index is 1460. The van der Waals surface area contributed by atoms with Gasteiger partial charge < -0.3 is 10.1 Å². The van der Waals surface area contributed by atoms with E-state index in [2.05, 4.69) is 15.4 Å². The molecule has 0 unspecified atom stereocenters. The number of nitrogens with one attached hydrogen (secondary N) is 1. The minimum atomic E-state index is -0.408. The Morgan fingerprint density at radius 1 is 1.15 bits per heavy atom. The van der Waals surface area contributed by atoms with Gasteiger partial charge in [-0.2, -0.15) is 5.10 Å². The van der Waals surface area contributed by atoms with Gasteiger partial charge in [-0.3, -0.25) is 4.79 Å². The molecule has 4 aromatic rings. The second-order valence-corrected chi connectivity index (χ2v) is 9.06. The molecular weight excluding hydrogens is 471 g/mol. The van der Waals surface area contributed by atoms with Crippen molar-refractivity contribution in [3.8, 4) is 17.0 Å². The van der Waals surface area contributed by atoms with E-state index in [1.165, 1.54) is 17.4 Å². The van der Waals surface area contributed by atoms with Crippen molar-refractivity contribution < 1.29 is 13.9 Å². The highest BCUT2D eigenvalue weighted by atomic mass is 32.2. The van der Waals surface area contributed by atoms with Gasteiger partial charge in [0.1, 0.15) is 17.3 Å². The van der Waals surface area contributed by atoms with Crippen molar-refractivity contribution in [3.63, 3.8) is 0 Å². The minimum absolute atomic E-state index is 0.00388. The van der Waals surface area contributed by atoms with Crippen LogP contribution in [0.15, 0.2) is 87.1 Å². The number of nitrogens with zero attached hydrogens (tertiary/aromatic N) is 3. The summed E-state index contributed by atoms with van der Waals surface area (Å²) in [4.78, 5) is 18.0. The van der Waals surface area contributed by atoms with Gasteiger partial charge >= 0.3 is 0 Å². The van der Waals surface area contributed by atoms with Crippen LogP contribution < -0.4 is 14.9 Å². The van der Waals surface area contributed by atoms with E-state index in [1.54, 1.807) is 40.9 Å². The number of anilines is 1. The molecule has 0 aliphatic carbocycles. The first-order valence-corrected chi connectivity index (χ1v) is 12.5. The van der Waals surface area contributed by atoms with Crippen LogP contribution >= 0.6 is 23.1 Å². The van der Waals surface area contributed by atoms with Crippen LogP contribution in [0.2, 0.25) is 0 Å². The maximum Gasteiger partial charge on any atom is 0.262 e. The fourth-order valence-electron chi connectivity index (χ4n) is 3.39. The van der Waals surface area contributed by atoms with E-state index < -0.39 is 5.82 Å². The fraction of sp³-hybridized carbons (Fsp3) is 0.0800. The summed E-state index contributed by atoms with van der Waals surface area (Å²) in [6.07, 6.45) is 3.77. The summed E-state index contributed by atoms with van der Waals surface area (Å²) in [6.45, 7) is -0.00388. The standard InChI is InChI=1S/C25H19FN4O2S2/c1-33-18-9-6-16(7-10-18)13-27-30-22(15-34-25(30)29-20-5-3-2-4-19(20)26)17-8-11-23-21(12-17)28-24(31)14-32-23/h2-13,15H,14H2,1H3,(H,28,31). The van der Waals surface area contributed by atoms with Crippen molar-refractivity contribution in [2.75, 3.05) is 18.2 Å². The number of aromatic nitrogens is 1. The summed E-state index contributed by atoms with van der Waals surface area (Å²) >= 11 is 3.02. The van der Waals surface area contributed by atoms with Crippen molar-refractivity contribution in [3.05, 3.63) is 88.3 Å². The van der Waals surface area contributed by atoms with Crippen LogP contribution in [-0.4, -0.2) is 29.7 Å². The van der Waals surface area contributed by atoms with Crippen molar-refractivity contribution in [1.29, 1.82) is 0 Å². The summed E-state index contributed by atoms with van der Waals surface area (Å²) < 4.78 is 21.4. The van der Waals surface area contributed by atoms with Crippen molar-refractivity contribution in [2.45, 2.75) is 4.90 Å². The van der Waals surface area contributed by atoms with Gasteiger partial charge in [0, 0.05) is 15.8 Å². The molecule has 1 aliphatic rings. The Kier molecular flexibility index (Phi) is 6.29. The Labute approximate surface area is 203 Å². The third kappa shape index (κ3) is 4.66. The van der Waals surface area contributed by atoms with Gasteiger partial charge in [0.05, 0.1) is 17.6 Å². The Hall–Kier alpha value is -3.69. The van der Waals surface area contributed by atoms with E-state index >= 15 is 0 Å². The summed E-state index contributed by atoms with van der Waals surface area (Å²) in [5.41, 5.74) is 3.31. The highest BCUT2D eigenvalue weighted by molar-refractivity contribution is 7.98. The molecule has 3 aromatic carbocycles. The Morgan fingerprint density at radius 2 is 1.97 bits per heavy atom. The number of rotatable bonds is 5. The molecule has 0 spiro atoms. The van der Waals surface area contributed by atoms with Crippen LogP contribution in [0.25, 0.3) is 11.3 Å². The summed E-state index contributed by atoms with van der Waals surface area (Å²) in [7, 11) is 0. The zero-order valence-corrected chi connectivity index (χ0v) is 19.7. The third-order valence-corrected chi connectivity index (χ3v) is 6.66. The van der Waals surface area contributed by atoms with Crippen LogP contribution in [0.4, 0.5) is 15.8 Å². The molecule has 2 heterocycles. The average Bonchev–Trinajstić information content (AvgIpc) is 3.26. The van der Waals surface area contributed by atoms with Gasteiger partial charge in [-0.15, -0.1) is 23.1 Å². The number of carbonyl (C=O) groups is 1. The van der Waals surface area contributed by atoms with Gasteiger partial charge in [0.2, 0.25) is 4.80 Å². The predicted molar refractivity (Wildman–Crippen MR) is 135 cm³/mol. The van der Waals surface area contributed by atoms with Gasteiger partial charge in [-0.1, -0.05) is 24.3 Å². The molecule has 0 atom stereocenters. The van der Waals surface area contributed by atoms with E-state index in [1.807, 2.05) is 54.1 Å². The number of thioether (sulfide) groups is 1. The van der Waals surface area contributed by atoms with E-state index in [9.17, 15) is 9.18 Å². The number of fused-ring (bicyclic) bond motifs is 1. The fourth-order valence-corrected chi connectivity index (χ4v) is 4.65. The predicted octanol–water partition coefficient (Wildman–Crippen LogP) is 5.52. The van der Waals surface area contributed by atoms with Crippen LogP contribution in [-0.2, 0) is 4.79 Å². The van der Waals surface area contributed by atoms with Gasteiger partial charge in [-0.25, -0.2) is 14.1 Å². The van der Waals surface area contributed by atoms with Crippen molar-refractivity contribution >= 4 is 46.6 Å². The van der Waals surface area contributed by atoms with Crippen molar-refractivity contribution in [1.82, 2.24) is 4.68 Å². The highest BCUT2D eigenvalue weighted by Gasteiger charge is 2.18. The summed E-state index contributed by atoms with van der Waals surface area (Å²) in [5, 5.41) is 9.41. The molecule has 9 heteroatoms. The first-order valence-electron chi connectivity index (χ1n) is 10.4. The molecular formula is C25H19FN4O2S2. The smallest absolute Gasteiger partial charge is 0.262 e. The zero-order chi connectivity index (χ0) is 23.5. The Morgan fingerprint density at radius 3 is 2.76 bits per heavy atom. The largest absolute Gasteiger partial charge is 0.482 e. The average molecular weight is 491 g/mol. The van der Waals surface area contributed by atoms with Gasteiger partial charge in [-0.05, 0) is 54.3 Å². The molecule has 1 aliphatic heterocycles. The Balaban J connectivity index is 1.61. The van der Waals surface area contributed by atoms with Gasteiger partial charge in [0.25, 0.3) is 5.91 Å². The zero-order valence-electron chi connectivity index (χ0n) is 18.1. The number of carbonyl (C=O) groups excluding carboxylic acids is 1. The maximum absolute atomic E-state index is 14.3. The topological polar surface area (TPSA) is 68.0 Å². The van der Waals surface area contributed by atoms with Crippen LogP contribution in [0.5, 0.6) is 5.75 Å². The first-order chi connectivity index (χ1) is 16.6. The number of amides is 1. The van der Waals surface area contributed by atoms with Crippen LogP contribution in [0.3, 0.4) is 0 Å². The molecule has 170 valence electrons. The van der Waals surface area contributed by atoms with E-state index in [0.717, 1.165) is 21.7 Å². The number of hydrogen-bond acceptors (Lipinski definition) is 6. The lowest BCUT2D eigenvalue weighted by atomic mass is 10.1. The molecule has 0 radical (unpaired) electrons. The molecule has 1 aromatic heterocycles. The molecule has 6 nitrogen and oxygen atoms in total. The number of halogens is 1.